The summed E-state index contributed by atoms with van der Waals surface area (Å²) >= 11 is 0. The molecule has 2 aromatic rings. The first-order valence-corrected chi connectivity index (χ1v) is 5.97. The lowest BCUT2D eigenvalue weighted by molar-refractivity contribution is 0.209. The molecule has 0 bridgehead atoms. The first kappa shape index (κ1) is 11.7. The molecule has 3 heterocycles. The van der Waals surface area contributed by atoms with Crippen LogP contribution in [-0.2, 0) is 6.42 Å². The van der Waals surface area contributed by atoms with Crippen molar-refractivity contribution in [3.63, 3.8) is 0 Å². The Morgan fingerprint density at radius 2 is 2.37 bits per heavy atom. The van der Waals surface area contributed by atoms with E-state index < -0.39 is 6.09 Å². The Labute approximate surface area is 109 Å². The third kappa shape index (κ3) is 2.27. The van der Waals surface area contributed by atoms with Gasteiger partial charge in [0.2, 0.25) is 5.95 Å². The molecular weight excluding hydrogens is 246 g/mol. The van der Waals surface area contributed by atoms with Gasteiger partial charge in [-0.05, 0) is 12.1 Å². The van der Waals surface area contributed by atoms with E-state index in [1.807, 2.05) is 18.2 Å². The van der Waals surface area contributed by atoms with Gasteiger partial charge in [-0.3, -0.25) is 10.3 Å². The molecule has 98 valence electrons. The minimum atomic E-state index is -1.13. The summed E-state index contributed by atoms with van der Waals surface area (Å²) in [7, 11) is 0. The summed E-state index contributed by atoms with van der Waals surface area (Å²) in [6, 6.07) is 5.59. The number of hydrogen-bond acceptors (Lipinski definition) is 4. The van der Waals surface area contributed by atoms with E-state index in [1.54, 1.807) is 6.20 Å². The lowest BCUT2D eigenvalue weighted by Gasteiger charge is -2.22. The molecule has 7 heteroatoms. The molecule has 1 atom stereocenters. The summed E-state index contributed by atoms with van der Waals surface area (Å²) in [5, 5.41) is 14.3. The number of pyridine rings is 1. The lowest BCUT2D eigenvalue weighted by atomic mass is 10.0. The monoisotopic (exact) mass is 259 g/mol. The number of aromatic nitrogens is 3. The number of H-pyrrole nitrogens is 1. The summed E-state index contributed by atoms with van der Waals surface area (Å²) in [5.74, 6) is 0.252. The molecule has 19 heavy (non-hydrogen) atoms. The van der Waals surface area contributed by atoms with Crippen LogP contribution in [0.3, 0.4) is 0 Å². The van der Waals surface area contributed by atoms with Crippen LogP contribution in [-0.4, -0.2) is 32.7 Å². The maximum Gasteiger partial charge on any atom is 0.411 e. The van der Waals surface area contributed by atoms with E-state index in [2.05, 4.69) is 25.6 Å². The highest BCUT2D eigenvalue weighted by Crippen LogP contribution is 2.26. The number of nitrogens with one attached hydrogen (secondary N) is 3. The van der Waals surface area contributed by atoms with Gasteiger partial charge in [-0.15, -0.1) is 0 Å². The molecule has 0 spiro atoms. The Morgan fingerprint density at radius 1 is 1.47 bits per heavy atom. The normalized spacial score (nSPS) is 17.8. The second kappa shape index (κ2) is 4.69. The molecule has 2 aromatic heterocycles. The molecule has 0 radical (unpaired) electrons. The van der Waals surface area contributed by atoms with Crippen molar-refractivity contribution in [1.29, 1.82) is 0 Å². The number of hydrogen-bond donors (Lipinski definition) is 4. The van der Waals surface area contributed by atoms with Crippen LogP contribution >= 0.6 is 0 Å². The molecule has 0 aromatic carbocycles. The van der Waals surface area contributed by atoms with Crippen molar-refractivity contribution >= 4 is 12.0 Å². The average molecular weight is 259 g/mol. The number of fused-ring (bicyclic) bond motifs is 1. The molecule has 7 nitrogen and oxygen atoms in total. The summed E-state index contributed by atoms with van der Waals surface area (Å²) < 4.78 is 0. The zero-order chi connectivity index (χ0) is 13.2. The number of carboxylic acid groups (broad SMARTS) is 1. The van der Waals surface area contributed by atoms with E-state index in [4.69, 9.17) is 5.11 Å². The lowest BCUT2D eigenvalue weighted by Crippen LogP contribution is -2.31. The minimum absolute atomic E-state index is 0.106. The molecule has 1 unspecified atom stereocenters. The summed E-state index contributed by atoms with van der Waals surface area (Å²) in [6.45, 7) is 0.795. The molecule has 1 amide bonds. The molecule has 1 aliphatic heterocycles. The van der Waals surface area contributed by atoms with Crippen LogP contribution in [0, 0.1) is 0 Å². The smallest absolute Gasteiger partial charge is 0.411 e. The zero-order valence-electron chi connectivity index (χ0n) is 10.1. The molecule has 0 saturated carbocycles. The summed E-state index contributed by atoms with van der Waals surface area (Å²) in [6.07, 6.45) is 1.38. The zero-order valence-corrected chi connectivity index (χ0v) is 10.1. The van der Waals surface area contributed by atoms with Crippen molar-refractivity contribution in [2.24, 2.45) is 0 Å². The second-order valence-corrected chi connectivity index (χ2v) is 4.27. The van der Waals surface area contributed by atoms with Gasteiger partial charge >= 0.3 is 6.09 Å². The fourth-order valence-electron chi connectivity index (χ4n) is 2.24. The Hall–Kier alpha value is -2.41. The van der Waals surface area contributed by atoms with E-state index in [0.717, 1.165) is 30.0 Å². The molecule has 1 aliphatic rings. The third-order valence-electron chi connectivity index (χ3n) is 3.02. The van der Waals surface area contributed by atoms with E-state index in [0.29, 0.717) is 0 Å². The fourth-order valence-corrected chi connectivity index (χ4v) is 2.24. The van der Waals surface area contributed by atoms with Gasteiger partial charge in [-0.2, -0.15) is 0 Å². The number of anilines is 1. The van der Waals surface area contributed by atoms with Crippen LogP contribution in [0.5, 0.6) is 0 Å². The molecule has 0 aliphatic carbocycles. The number of rotatable bonds is 2. The van der Waals surface area contributed by atoms with Crippen LogP contribution in [0.4, 0.5) is 10.7 Å². The fraction of sp³-hybridized carbons (Fsp3) is 0.250. The van der Waals surface area contributed by atoms with E-state index in [-0.39, 0.29) is 12.0 Å². The van der Waals surface area contributed by atoms with Gasteiger partial charge in [0.05, 0.1) is 17.4 Å². The Balaban J connectivity index is 1.95. The van der Waals surface area contributed by atoms with Crippen LogP contribution in [0.15, 0.2) is 24.4 Å². The molecule has 0 saturated heterocycles. The highest BCUT2D eigenvalue weighted by Gasteiger charge is 2.26. The molecule has 4 N–H and O–H groups in total. The Morgan fingerprint density at radius 3 is 3.11 bits per heavy atom. The largest absolute Gasteiger partial charge is 0.465 e. The van der Waals surface area contributed by atoms with Gasteiger partial charge in [0.25, 0.3) is 0 Å². The number of aromatic amines is 1. The van der Waals surface area contributed by atoms with E-state index in [9.17, 15) is 4.79 Å². The van der Waals surface area contributed by atoms with Crippen molar-refractivity contribution in [3.8, 4) is 0 Å². The first-order valence-electron chi connectivity index (χ1n) is 5.97. The molecule has 0 fully saturated rings. The maximum atomic E-state index is 10.6. The number of carbonyl (C=O) groups is 1. The standard InChI is InChI=1S/C12H13N5O2/c18-12(19)17-11-15-8-4-6-14-9(10(8)16-11)7-3-1-2-5-13-7/h1-3,5,9,14H,4,6H2,(H,18,19)(H2,15,16,17). The van der Waals surface area contributed by atoms with E-state index in [1.165, 1.54) is 0 Å². The predicted octanol–water partition coefficient (Wildman–Crippen LogP) is 1.13. The van der Waals surface area contributed by atoms with E-state index >= 15 is 0 Å². The van der Waals surface area contributed by atoms with Gasteiger partial charge < -0.3 is 15.4 Å². The van der Waals surface area contributed by atoms with Gasteiger partial charge in [-0.1, -0.05) is 6.07 Å². The quantitative estimate of drug-likeness (QED) is 0.647. The van der Waals surface area contributed by atoms with Gasteiger partial charge in [0.15, 0.2) is 0 Å². The van der Waals surface area contributed by atoms with Crippen LogP contribution in [0.25, 0.3) is 0 Å². The van der Waals surface area contributed by atoms with Gasteiger partial charge in [-0.25, -0.2) is 9.78 Å². The minimum Gasteiger partial charge on any atom is -0.465 e. The first-order chi connectivity index (χ1) is 9.24. The Bertz CT molecular complexity index is 595. The SMILES string of the molecule is O=C(O)Nc1nc2c([nH]1)CCNC2c1ccccn1. The molecular formula is C12H13N5O2. The Kier molecular flexibility index (Phi) is 2.88. The van der Waals surface area contributed by atoms with Crippen LogP contribution in [0.2, 0.25) is 0 Å². The average Bonchev–Trinajstić information content (AvgIpc) is 2.80. The maximum absolute atomic E-state index is 10.6. The summed E-state index contributed by atoms with van der Waals surface area (Å²) in [4.78, 5) is 22.2. The van der Waals surface area contributed by atoms with Crippen LogP contribution < -0.4 is 10.6 Å². The van der Waals surface area contributed by atoms with Crippen molar-refractivity contribution in [1.82, 2.24) is 20.3 Å². The second-order valence-electron chi connectivity index (χ2n) is 4.27. The number of nitrogens with zero attached hydrogens (tertiary/aromatic N) is 2. The highest BCUT2D eigenvalue weighted by atomic mass is 16.4. The number of imidazole rings is 1. The molecule has 3 rings (SSSR count). The summed E-state index contributed by atoms with van der Waals surface area (Å²) in [5.41, 5.74) is 2.61. The van der Waals surface area contributed by atoms with Crippen molar-refractivity contribution in [2.45, 2.75) is 12.5 Å². The predicted molar refractivity (Wildman–Crippen MR) is 68.0 cm³/mol. The van der Waals surface area contributed by atoms with Crippen LogP contribution in [0.1, 0.15) is 23.1 Å². The third-order valence-corrected chi connectivity index (χ3v) is 3.02. The topological polar surface area (TPSA) is 103 Å². The number of amides is 1. The van der Waals surface area contributed by atoms with Crippen molar-refractivity contribution < 1.29 is 9.90 Å². The van der Waals surface area contributed by atoms with Gasteiger partial charge in [0.1, 0.15) is 0 Å². The van der Waals surface area contributed by atoms with Crippen molar-refractivity contribution in [3.05, 3.63) is 41.5 Å². The van der Waals surface area contributed by atoms with Gasteiger partial charge in [0, 0.05) is 24.9 Å². The van der Waals surface area contributed by atoms with Crippen molar-refractivity contribution in [2.75, 3.05) is 11.9 Å². The highest BCUT2D eigenvalue weighted by molar-refractivity contribution is 5.80.